The number of aromatic nitrogens is 6. The smallest absolute Gasteiger partial charge is 0.233 e. The van der Waals surface area contributed by atoms with E-state index in [0.29, 0.717) is 5.95 Å². The van der Waals surface area contributed by atoms with Crippen molar-refractivity contribution in [2.75, 3.05) is 16.8 Å². The highest BCUT2D eigenvalue weighted by Crippen LogP contribution is 2.28. The number of rotatable bonds is 4. The summed E-state index contributed by atoms with van der Waals surface area (Å²) < 4.78 is 0. The van der Waals surface area contributed by atoms with E-state index in [0.717, 1.165) is 39.2 Å². The van der Waals surface area contributed by atoms with E-state index >= 15 is 0 Å². The Hall–Kier alpha value is -4.11. The molecule has 3 aromatic heterocycles. The molecule has 10 heteroatoms. The van der Waals surface area contributed by atoms with Crippen LogP contribution in [0, 0.1) is 0 Å². The van der Waals surface area contributed by atoms with E-state index in [1.54, 1.807) is 6.20 Å². The molecule has 0 saturated heterocycles. The van der Waals surface area contributed by atoms with E-state index in [1.165, 1.54) is 0 Å². The van der Waals surface area contributed by atoms with Crippen LogP contribution in [-0.4, -0.2) is 29.9 Å². The summed E-state index contributed by atoms with van der Waals surface area (Å²) in [5, 5.41) is 4.20. The van der Waals surface area contributed by atoms with Gasteiger partial charge >= 0.3 is 0 Å². The third-order valence-corrected chi connectivity index (χ3v) is 4.52. The molecule has 0 radical (unpaired) electrons. The Kier molecular flexibility index (Phi) is 4.95. The molecular weight excluding hydrogens is 402 g/mol. The second-order valence-electron chi connectivity index (χ2n) is 6.50. The lowest BCUT2D eigenvalue weighted by molar-refractivity contribution is 1.08. The zero-order valence-electron chi connectivity index (χ0n) is 15.6. The standard InChI is InChI=1S/C20H17N9.ClH/c21-18-27-19(22)29-20(28-18)25-14-5-3-11(4-6-14)15-9-12-1-2-13(10-16(12)26-15)17-23-7-8-24-17;/h1-10,26H,(H,23,24)(H5,21,22,25,27,28,29);1H. The average molecular weight is 420 g/mol. The molecule has 5 rings (SSSR count). The molecule has 0 aliphatic rings. The van der Waals surface area contributed by atoms with Gasteiger partial charge in [-0.05, 0) is 29.8 Å². The molecular formula is C20H18ClN9. The summed E-state index contributed by atoms with van der Waals surface area (Å²) in [6, 6.07) is 16.2. The van der Waals surface area contributed by atoms with Crippen molar-refractivity contribution in [1.29, 1.82) is 0 Å². The molecule has 0 saturated carbocycles. The molecule has 150 valence electrons. The lowest BCUT2D eigenvalue weighted by atomic mass is 10.1. The molecule has 0 aliphatic carbocycles. The summed E-state index contributed by atoms with van der Waals surface area (Å²) in [4.78, 5) is 22.7. The molecule has 2 aromatic carbocycles. The number of nitrogens with two attached hydrogens (primary N) is 2. The van der Waals surface area contributed by atoms with E-state index in [-0.39, 0.29) is 24.3 Å². The summed E-state index contributed by atoms with van der Waals surface area (Å²) in [5.74, 6) is 1.30. The molecule has 0 unspecified atom stereocenters. The predicted octanol–water partition coefficient (Wildman–Crippen LogP) is 3.74. The monoisotopic (exact) mass is 419 g/mol. The fourth-order valence-corrected chi connectivity index (χ4v) is 3.18. The van der Waals surface area contributed by atoms with Gasteiger partial charge in [-0.25, -0.2) is 4.98 Å². The van der Waals surface area contributed by atoms with Crippen LogP contribution in [0.1, 0.15) is 0 Å². The molecule has 3 heterocycles. The van der Waals surface area contributed by atoms with Crippen LogP contribution < -0.4 is 16.8 Å². The Balaban J connectivity index is 0.00000218. The summed E-state index contributed by atoms with van der Waals surface area (Å²) in [7, 11) is 0. The van der Waals surface area contributed by atoms with Crippen LogP contribution >= 0.6 is 12.4 Å². The number of H-pyrrole nitrogens is 2. The van der Waals surface area contributed by atoms with Crippen LogP contribution in [0.25, 0.3) is 33.5 Å². The number of benzene rings is 2. The summed E-state index contributed by atoms with van der Waals surface area (Å²) in [5.41, 5.74) is 16.2. The van der Waals surface area contributed by atoms with Gasteiger partial charge in [-0.1, -0.05) is 24.3 Å². The van der Waals surface area contributed by atoms with Gasteiger partial charge in [0.2, 0.25) is 17.8 Å². The van der Waals surface area contributed by atoms with Crippen molar-refractivity contribution in [2.24, 2.45) is 0 Å². The van der Waals surface area contributed by atoms with E-state index in [1.807, 2.05) is 30.5 Å². The van der Waals surface area contributed by atoms with Crippen LogP contribution in [0.5, 0.6) is 0 Å². The molecule has 0 spiro atoms. The van der Waals surface area contributed by atoms with Crippen molar-refractivity contribution in [3.05, 3.63) is 60.9 Å². The maximum absolute atomic E-state index is 5.60. The van der Waals surface area contributed by atoms with E-state index in [2.05, 4.69) is 59.5 Å². The first-order valence-electron chi connectivity index (χ1n) is 8.91. The third kappa shape index (κ3) is 3.74. The Morgan fingerprint density at radius 3 is 2.27 bits per heavy atom. The van der Waals surface area contributed by atoms with Gasteiger partial charge in [0.25, 0.3) is 0 Å². The van der Waals surface area contributed by atoms with Crippen LogP contribution in [0.4, 0.5) is 23.5 Å². The highest BCUT2D eigenvalue weighted by atomic mass is 35.5. The molecule has 9 nitrogen and oxygen atoms in total. The number of aromatic amines is 2. The molecule has 0 atom stereocenters. The van der Waals surface area contributed by atoms with Crippen molar-refractivity contribution in [1.82, 2.24) is 29.9 Å². The average Bonchev–Trinajstić information content (AvgIpc) is 3.37. The number of hydrogen-bond donors (Lipinski definition) is 5. The van der Waals surface area contributed by atoms with Crippen molar-refractivity contribution < 1.29 is 0 Å². The normalized spacial score (nSPS) is 10.7. The topological polar surface area (TPSA) is 147 Å². The maximum atomic E-state index is 5.60. The number of anilines is 4. The van der Waals surface area contributed by atoms with Gasteiger partial charge in [-0.15, -0.1) is 12.4 Å². The molecule has 30 heavy (non-hydrogen) atoms. The Morgan fingerprint density at radius 2 is 1.57 bits per heavy atom. The van der Waals surface area contributed by atoms with Gasteiger partial charge in [-0.2, -0.15) is 15.0 Å². The SMILES string of the molecule is Cl.Nc1nc(N)nc(Nc2ccc(-c3cc4ccc(-c5ncc[nH]5)cc4[nH]3)cc2)n1. The second kappa shape index (κ2) is 7.72. The van der Waals surface area contributed by atoms with Crippen LogP contribution in [-0.2, 0) is 0 Å². The number of nitrogens with one attached hydrogen (secondary N) is 3. The highest BCUT2D eigenvalue weighted by molar-refractivity contribution is 5.89. The first kappa shape index (κ1) is 19.2. The molecule has 7 N–H and O–H groups in total. The van der Waals surface area contributed by atoms with Crippen LogP contribution in [0.3, 0.4) is 0 Å². The second-order valence-corrected chi connectivity index (χ2v) is 6.50. The number of imidazole rings is 1. The van der Waals surface area contributed by atoms with E-state index in [9.17, 15) is 0 Å². The lowest BCUT2D eigenvalue weighted by Crippen LogP contribution is -2.06. The van der Waals surface area contributed by atoms with E-state index in [4.69, 9.17) is 11.5 Å². The summed E-state index contributed by atoms with van der Waals surface area (Å²) >= 11 is 0. The molecule has 0 aliphatic heterocycles. The fourth-order valence-electron chi connectivity index (χ4n) is 3.18. The Labute approximate surface area is 177 Å². The van der Waals surface area contributed by atoms with Crippen LogP contribution in [0.15, 0.2) is 60.9 Å². The number of nitrogen functional groups attached to an aromatic ring is 2. The Bertz CT molecular complexity index is 1270. The molecule has 0 amide bonds. The van der Waals surface area contributed by atoms with Gasteiger partial charge in [0, 0.05) is 40.2 Å². The number of halogens is 1. The third-order valence-electron chi connectivity index (χ3n) is 4.52. The van der Waals surface area contributed by atoms with Gasteiger partial charge < -0.3 is 26.8 Å². The van der Waals surface area contributed by atoms with Crippen molar-refractivity contribution in [3.63, 3.8) is 0 Å². The minimum atomic E-state index is 0. The first-order chi connectivity index (χ1) is 14.1. The molecule has 0 bridgehead atoms. The number of hydrogen-bond acceptors (Lipinski definition) is 7. The van der Waals surface area contributed by atoms with Gasteiger partial charge in [-0.3, -0.25) is 0 Å². The lowest BCUT2D eigenvalue weighted by Gasteiger charge is -2.06. The first-order valence-corrected chi connectivity index (χ1v) is 8.91. The number of fused-ring (bicyclic) bond motifs is 1. The van der Waals surface area contributed by atoms with Crippen molar-refractivity contribution in [2.45, 2.75) is 0 Å². The Morgan fingerprint density at radius 1 is 0.833 bits per heavy atom. The summed E-state index contributed by atoms with van der Waals surface area (Å²) in [6.45, 7) is 0. The zero-order chi connectivity index (χ0) is 19.8. The maximum Gasteiger partial charge on any atom is 0.233 e. The molecule has 5 aromatic rings. The van der Waals surface area contributed by atoms with Crippen molar-refractivity contribution >= 4 is 46.8 Å². The predicted molar refractivity (Wildman–Crippen MR) is 120 cm³/mol. The quantitative estimate of drug-likeness (QED) is 0.298. The zero-order valence-corrected chi connectivity index (χ0v) is 16.4. The fraction of sp³-hybridized carbons (Fsp3) is 0. The molecule has 0 fully saturated rings. The minimum absolute atomic E-state index is 0. The van der Waals surface area contributed by atoms with Crippen molar-refractivity contribution in [3.8, 4) is 22.6 Å². The summed E-state index contributed by atoms with van der Waals surface area (Å²) in [6.07, 6.45) is 3.56. The minimum Gasteiger partial charge on any atom is -0.368 e. The largest absolute Gasteiger partial charge is 0.368 e. The highest BCUT2D eigenvalue weighted by Gasteiger charge is 2.07. The van der Waals surface area contributed by atoms with Gasteiger partial charge in [0.15, 0.2) is 0 Å². The van der Waals surface area contributed by atoms with Gasteiger partial charge in [0.1, 0.15) is 5.82 Å². The number of nitrogens with zero attached hydrogens (tertiary/aromatic N) is 4. The van der Waals surface area contributed by atoms with Gasteiger partial charge in [0.05, 0.1) is 0 Å². The van der Waals surface area contributed by atoms with Crippen LogP contribution in [0.2, 0.25) is 0 Å². The van der Waals surface area contributed by atoms with E-state index < -0.39 is 0 Å².